The van der Waals surface area contributed by atoms with E-state index >= 15 is 0 Å². The average molecular weight is 245 g/mol. The Kier molecular flexibility index (Phi) is 4.00. The summed E-state index contributed by atoms with van der Waals surface area (Å²) in [5.41, 5.74) is 6.36. The number of pyridine rings is 1. The number of nitrogen functional groups attached to an aromatic ring is 1. The summed E-state index contributed by atoms with van der Waals surface area (Å²) in [6, 6.07) is 5.55. The van der Waals surface area contributed by atoms with Crippen molar-refractivity contribution in [3.8, 4) is 6.07 Å². The van der Waals surface area contributed by atoms with Crippen molar-refractivity contribution in [2.24, 2.45) is 5.92 Å². The van der Waals surface area contributed by atoms with Crippen LogP contribution in [0.25, 0.3) is 0 Å². The van der Waals surface area contributed by atoms with E-state index in [4.69, 9.17) is 11.0 Å². The van der Waals surface area contributed by atoms with Crippen LogP contribution in [0.3, 0.4) is 0 Å². The van der Waals surface area contributed by atoms with E-state index in [9.17, 15) is 0 Å². The summed E-state index contributed by atoms with van der Waals surface area (Å²) in [5, 5.41) is 12.2. The molecule has 2 rings (SSSR count). The molecule has 0 radical (unpaired) electrons. The lowest BCUT2D eigenvalue weighted by Gasteiger charge is -2.29. The zero-order valence-electron chi connectivity index (χ0n) is 10.7. The van der Waals surface area contributed by atoms with Crippen molar-refractivity contribution in [1.29, 1.82) is 5.26 Å². The quantitative estimate of drug-likeness (QED) is 0.839. The van der Waals surface area contributed by atoms with Crippen LogP contribution in [0.1, 0.15) is 18.5 Å². The van der Waals surface area contributed by atoms with Gasteiger partial charge in [-0.1, -0.05) is 0 Å². The molecule has 0 saturated carbocycles. The minimum Gasteiger partial charge on any atom is -0.396 e. The van der Waals surface area contributed by atoms with Crippen LogP contribution < -0.4 is 11.1 Å². The average Bonchev–Trinajstić information content (AvgIpc) is 2.39. The first-order valence-corrected chi connectivity index (χ1v) is 6.28. The molecule has 1 aromatic heterocycles. The molecule has 2 heterocycles. The molecule has 5 nitrogen and oxygen atoms in total. The molecule has 1 aromatic rings. The highest BCUT2D eigenvalue weighted by Gasteiger charge is 2.16. The van der Waals surface area contributed by atoms with Gasteiger partial charge in [0, 0.05) is 6.54 Å². The number of nitrogens with one attached hydrogen (secondary N) is 1. The summed E-state index contributed by atoms with van der Waals surface area (Å²) in [4.78, 5) is 6.54. The van der Waals surface area contributed by atoms with Crippen LogP contribution in [0.5, 0.6) is 0 Å². The maximum atomic E-state index is 8.86. The van der Waals surface area contributed by atoms with Gasteiger partial charge in [-0.05, 0) is 51.0 Å². The zero-order chi connectivity index (χ0) is 13.0. The summed E-state index contributed by atoms with van der Waals surface area (Å²) >= 11 is 0. The van der Waals surface area contributed by atoms with Gasteiger partial charge in [0.25, 0.3) is 0 Å². The second-order valence-corrected chi connectivity index (χ2v) is 4.87. The predicted octanol–water partition coefficient (Wildman–Crippen LogP) is 1.29. The van der Waals surface area contributed by atoms with Crippen molar-refractivity contribution >= 4 is 11.5 Å². The normalized spacial score (nSPS) is 17.3. The fourth-order valence-corrected chi connectivity index (χ4v) is 2.17. The molecule has 0 aromatic carbocycles. The van der Waals surface area contributed by atoms with Crippen molar-refractivity contribution in [2.75, 3.05) is 37.7 Å². The van der Waals surface area contributed by atoms with E-state index in [1.807, 2.05) is 12.1 Å². The van der Waals surface area contributed by atoms with Gasteiger partial charge in [-0.15, -0.1) is 0 Å². The Morgan fingerprint density at radius 3 is 2.89 bits per heavy atom. The van der Waals surface area contributed by atoms with Gasteiger partial charge in [0.1, 0.15) is 11.9 Å². The second kappa shape index (κ2) is 5.69. The molecular formula is C13H19N5. The van der Waals surface area contributed by atoms with E-state index in [2.05, 4.69) is 22.2 Å². The van der Waals surface area contributed by atoms with Crippen molar-refractivity contribution in [1.82, 2.24) is 9.88 Å². The number of anilines is 2. The fraction of sp³-hybridized carbons (Fsp3) is 0.538. The molecule has 0 atom stereocenters. The Morgan fingerprint density at radius 1 is 1.50 bits per heavy atom. The summed E-state index contributed by atoms with van der Waals surface area (Å²) in [5.74, 6) is 1.42. The monoisotopic (exact) mass is 245 g/mol. The molecule has 0 bridgehead atoms. The number of piperidine rings is 1. The number of aromatic nitrogens is 1. The first kappa shape index (κ1) is 12.7. The number of likely N-dealkylation sites (tertiary alicyclic amines) is 1. The highest BCUT2D eigenvalue weighted by molar-refractivity contribution is 5.54. The fourth-order valence-electron chi connectivity index (χ4n) is 2.17. The third kappa shape index (κ3) is 3.11. The van der Waals surface area contributed by atoms with Gasteiger partial charge in [0.15, 0.2) is 5.69 Å². The number of hydrogen-bond acceptors (Lipinski definition) is 5. The Morgan fingerprint density at radius 2 is 2.22 bits per heavy atom. The summed E-state index contributed by atoms with van der Waals surface area (Å²) in [6.07, 6.45) is 2.42. The van der Waals surface area contributed by atoms with Crippen molar-refractivity contribution in [3.05, 3.63) is 17.8 Å². The van der Waals surface area contributed by atoms with Crippen molar-refractivity contribution in [3.63, 3.8) is 0 Å². The summed E-state index contributed by atoms with van der Waals surface area (Å²) < 4.78 is 0. The van der Waals surface area contributed by atoms with Crippen LogP contribution in [-0.4, -0.2) is 36.6 Å². The van der Waals surface area contributed by atoms with E-state index in [0.717, 1.165) is 25.5 Å². The maximum absolute atomic E-state index is 8.86. The maximum Gasteiger partial charge on any atom is 0.165 e. The first-order valence-electron chi connectivity index (χ1n) is 6.28. The van der Waals surface area contributed by atoms with Gasteiger partial charge in [-0.25, -0.2) is 4.98 Å². The van der Waals surface area contributed by atoms with Gasteiger partial charge in [-0.3, -0.25) is 0 Å². The van der Waals surface area contributed by atoms with Crippen molar-refractivity contribution < 1.29 is 0 Å². The second-order valence-electron chi connectivity index (χ2n) is 4.87. The Labute approximate surface area is 108 Å². The van der Waals surface area contributed by atoms with Gasteiger partial charge in [0.05, 0.1) is 5.69 Å². The third-order valence-corrected chi connectivity index (χ3v) is 3.44. The highest BCUT2D eigenvalue weighted by Crippen LogP contribution is 2.17. The van der Waals surface area contributed by atoms with Gasteiger partial charge >= 0.3 is 0 Å². The molecule has 0 unspecified atom stereocenters. The largest absolute Gasteiger partial charge is 0.396 e. The van der Waals surface area contributed by atoms with Gasteiger partial charge < -0.3 is 16.0 Å². The highest BCUT2D eigenvalue weighted by atomic mass is 15.1. The van der Waals surface area contributed by atoms with Crippen LogP contribution in [-0.2, 0) is 0 Å². The molecule has 18 heavy (non-hydrogen) atoms. The molecule has 96 valence electrons. The van der Waals surface area contributed by atoms with Gasteiger partial charge in [-0.2, -0.15) is 5.26 Å². The molecule has 3 N–H and O–H groups in total. The molecule has 0 aliphatic carbocycles. The van der Waals surface area contributed by atoms with Crippen LogP contribution >= 0.6 is 0 Å². The SMILES string of the molecule is CN1CCC(CNc2ccc(N)c(C#N)n2)CC1. The van der Waals surface area contributed by atoms with Crippen LogP contribution in [0.4, 0.5) is 11.5 Å². The summed E-state index contributed by atoms with van der Waals surface area (Å²) in [6.45, 7) is 3.23. The lowest BCUT2D eigenvalue weighted by atomic mass is 9.97. The first-order chi connectivity index (χ1) is 8.69. The molecule has 1 fully saturated rings. The molecule has 5 heteroatoms. The van der Waals surface area contributed by atoms with Gasteiger partial charge in [0.2, 0.25) is 0 Å². The minimum atomic E-state index is 0.295. The molecule has 1 aliphatic rings. The lowest BCUT2D eigenvalue weighted by Crippen LogP contribution is -2.33. The van der Waals surface area contributed by atoms with E-state index < -0.39 is 0 Å². The molecule has 0 amide bonds. The van der Waals surface area contributed by atoms with E-state index in [-0.39, 0.29) is 0 Å². The standard InChI is InChI=1S/C13H19N5/c1-18-6-4-10(5-7-18)9-16-13-3-2-11(15)12(8-14)17-13/h2-3,10H,4-7,9,15H2,1H3,(H,16,17). The summed E-state index contributed by atoms with van der Waals surface area (Å²) in [7, 11) is 2.16. The van der Waals surface area contributed by atoms with E-state index in [0.29, 0.717) is 17.3 Å². The Balaban J connectivity index is 1.89. The van der Waals surface area contributed by atoms with Crippen molar-refractivity contribution in [2.45, 2.75) is 12.8 Å². The molecule has 0 spiro atoms. The predicted molar refractivity (Wildman–Crippen MR) is 72.1 cm³/mol. The molecule has 1 aliphatic heterocycles. The molecular weight excluding hydrogens is 226 g/mol. The van der Waals surface area contributed by atoms with Crippen LogP contribution in [0, 0.1) is 17.2 Å². The number of nitriles is 1. The zero-order valence-corrected chi connectivity index (χ0v) is 10.7. The Hall–Kier alpha value is -1.80. The van der Waals surface area contributed by atoms with Crippen LogP contribution in [0.2, 0.25) is 0 Å². The molecule has 1 saturated heterocycles. The topological polar surface area (TPSA) is 78.0 Å². The Bertz CT molecular complexity index is 443. The smallest absolute Gasteiger partial charge is 0.165 e. The minimum absolute atomic E-state index is 0.295. The number of rotatable bonds is 3. The lowest BCUT2D eigenvalue weighted by molar-refractivity contribution is 0.226. The van der Waals surface area contributed by atoms with Crippen LogP contribution in [0.15, 0.2) is 12.1 Å². The van der Waals surface area contributed by atoms with E-state index in [1.54, 1.807) is 6.07 Å². The number of nitrogens with two attached hydrogens (primary N) is 1. The number of hydrogen-bond donors (Lipinski definition) is 2. The number of nitrogens with zero attached hydrogens (tertiary/aromatic N) is 3. The third-order valence-electron chi connectivity index (χ3n) is 3.44. The van der Waals surface area contributed by atoms with E-state index in [1.165, 1.54) is 12.8 Å².